The van der Waals surface area contributed by atoms with Gasteiger partial charge in [-0.15, -0.1) is 0 Å². The SMILES string of the molecule is CCSCCC(C)NC(=O)c1cc(N)cn1C. The van der Waals surface area contributed by atoms with E-state index in [1.165, 1.54) is 0 Å². The number of aromatic nitrogens is 1. The van der Waals surface area contributed by atoms with E-state index < -0.39 is 0 Å². The van der Waals surface area contributed by atoms with Crippen molar-refractivity contribution in [3.05, 3.63) is 18.0 Å². The fraction of sp³-hybridized carbons (Fsp3) is 0.583. The van der Waals surface area contributed by atoms with Crippen molar-refractivity contribution in [2.45, 2.75) is 26.3 Å². The van der Waals surface area contributed by atoms with Gasteiger partial charge in [0.1, 0.15) is 5.69 Å². The lowest BCUT2D eigenvalue weighted by molar-refractivity contribution is 0.0931. The van der Waals surface area contributed by atoms with Crippen LogP contribution in [-0.4, -0.2) is 28.0 Å². The van der Waals surface area contributed by atoms with Gasteiger partial charge in [0, 0.05) is 19.3 Å². The molecule has 1 aromatic rings. The van der Waals surface area contributed by atoms with Gasteiger partial charge in [-0.3, -0.25) is 4.79 Å². The summed E-state index contributed by atoms with van der Waals surface area (Å²) in [5, 5.41) is 2.98. The zero-order valence-corrected chi connectivity index (χ0v) is 11.5. The van der Waals surface area contributed by atoms with E-state index >= 15 is 0 Å². The van der Waals surface area contributed by atoms with Gasteiger partial charge in [-0.1, -0.05) is 6.92 Å². The monoisotopic (exact) mass is 255 g/mol. The third-order valence-corrected chi connectivity index (χ3v) is 3.47. The number of carbonyl (C=O) groups excluding carboxylic acids is 1. The number of rotatable bonds is 6. The molecular formula is C12H21N3OS. The van der Waals surface area contributed by atoms with Crippen molar-refractivity contribution in [1.82, 2.24) is 9.88 Å². The molecule has 17 heavy (non-hydrogen) atoms. The van der Waals surface area contributed by atoms with Crippen molar-refractivity contribution in [1.29, 1.82) is 0 Å². The second kappa shape index (κ2) is 6.59. The minimum Gasteiger partial charge on any atom is -0.397 e. The molecule has 4 nitrogen and oxygen atoms in total. The molecule has 0 fully saturated rings. The number of nitrogen functional groups attached to an aromatic ring is 1. The first-order valence-corrected chi connectivity index (χ1v) is 7.00. The third kappa shape index (κ3) is 4.34. The third-order valence-electron chi connectivity index (χ3n) is 2.54. The first-order chi connectivity index (χ1) is 8.04. The van der Waals surface area contributed by atoms with E-state index in [9.17, 15) is 4.79 Å². The van der Waals surface area contributed by atoms with Crippen LogP contribution >= 0.6 is 11.8 Å². The van der Waals surface area contributed by atoms with E-state index in [-0.39, 0.29) is 11.9 Å². The molecule has 1 unspecified atom stereocenters. The number of amides is 1. The molecule has 0 bridgehead atoms. The summed E-state index contributed by atoms with van der Waals surface area (Å²) in [6.07, 6.45) is 2.73. The fourth-order valence-electron chi connectivity index (χ4n) is 1.59. The normalized spacial score (nSPS) is 12.4. The van der Waals surface area contributed by atoms with Crippen molar-refractivity contribution in [3.63, 3.8) is 0 Å². The Bertz CT molecular complexity index is 376. The number of hydrogen-bond acceptors (Lipinski definition) is 3. The van der Waals surface area contributed by atoms with Crippen LogP contribution in [-0.2, 0) is 7.05 Å². The second-order valence-corrected chi connectivity index (χ2v) is 5.52. The highest BCUT2D eigenvalue weighted by Gasteiger charge is 2.13. The van der Waals surface area contributed by atoms with E-state index in [0.29, 0.717) is 11.4 Å². The molecule has 1 atom stereocenters. The summed E-state index contributed by atoms with van der Waals surface area (Å²) >= 11 is 1.89. The van der Waals surface area contributed by atoms with Crippen LogP contribution in [0.1, 0.15) is 30.8 Å². The maximum Gasteiger partial charge on any atom is 0.268 e. The number of hydrogen-bond donors (Lipinski definition) is 2. The van der Waals surface area contributed by atoms with Crippen LogP contribution in [0.5, 0.6) is 0 Å². The van der Waals surface area contributed by atoms with Crippen LogP contribution in [0.3, 0.4) is 0 Å². The summed E-state index contributed by atoms with van der Waals surface area (Å²) in [6.45, 7) is 4.17. The van der Waals surface area contributed by atoms with Gasteiger partial charge in [0.05, 0.1) is 5.69 Å². The second-order valence-electron chi connectivity index (χ2n) is 4.13. The average molecular weight is 255 g/mol. The molecule has 0 saturated heterocycles. The molecule has 0 aliphatic rings. The molecular weight excluding hydrogens is 234 g/mol. The number of nitrogens with zero attached hydrogens (tertiary/aromatic N) is 1. The first kappa shape index (κ1) is 14.0. The summed E-state index contributed by atoms with van der Waals surface area (Å²) < 4.78 is 1.75. The Labute approximate surface area is 107 Å². The van der Waals surface area contributed by atoms with Gasteiger partial charge >= 0.3 is 0 Å². The largest absolute Gasteiger partial charge is 0.397 e. The van der Waals surface area contributed by atoms with Crippen molar-refractivity contribution in [2.24, 2.45) is 7.05 Å². The van der Waals surface area contributed by atoms with Gasteiger partial charge in [-0.25, -0.2) is 0 Å². The molecule has 0 aromatic carbocycles. The molecule has 0 aliphatic carbocycles. The molecule has 1 heterocycles. The van der Waals surface area contributed by atoms with E-state index in [2.05, 4.69) is 12.2 Å². The Hall–Kier alpha value is -1.10. The number of thioether (sulfide) groups is 1. The number of nitrogens with one attached hydrogen (secondary N) is 1. The molecule has 0 aliphatic heterocycles. The Kier molecular flexibility index (Phi) is 5.41. The lowest BCUT2D eigenvalue weighted by Gasteiger charge is -2.13. The van der Waals surface area contributed by atoms with Crippen molar-refractivity contribution in [3.8, 4) is 0 Å². The quantitative estimate of drug-likeness (QED) is 0.763. The van der Waals surface area contributed by atoms with Gasteiger partial charge in [0.2, 0.25) is 0 Å². The Balaban J connectivity index is 2.46. The molecule has 96 valence electrons. The smallest absolute Gasteiger partial charge is 0.268 e. The molecule has 1 amide bonds. The maximum atomic E-state index is 11.9. The van der Waals surface area contributed by atoms with Crippen molar-refractivity contribution in [2.75, 3.05) is 17.2 Å². The lowest BCUT2D eigenvalue weighted by atomic mass is 10.2. The van der Waals surface area contributed by atoms with Crippen LogP contribution in [0.2, 0.25) is 0 Å². The van der Waals surface area contributed by atoms with Crippen LogP contribution in [0.4, 0.5) is 5.69 Å². The Morgan fingerprint density at radius 1 is 1.65 bits per heavy atom. The van der Waals surface area contributed by atoms with E-state index in [4.69, 9.17) is 5.73 Å². The van der Waals surface area contributed by atoms with Crippen LogP contribution in [0, 0.1) is 0 Å². The van der Waals surface area contributed by atoms with Crippen molar-refractivity contribution >= 4 is 23.4 Å². The number of anilines is 1. The average Bonchev–Trinajstić information content (AvgIpc) is 2.58. The number of nitrogens with two attached hydrogens (primary N) is 1. The van der Waals surface area contributed by atoms with Gasteiger partial charge in [-0.05, 0) is 30.9 Å². The maximum absolute atomic E-state index is 11.9. The van der Waals surface area contributed by atoms with E-state index in [1.807, 2.05) is 25.7 Å². The number of aryl methyl sites for hydroxylation is 1. The predicted octanol–water partition coefficient (Wildman–Crippen LogP) is 1.87. The summed E-state index contributed by atoms with van der Waals surface area (Å²) in [7, 11) is 1.82. The van der Waals surface area contributed by atoms with E-state index in [0.717, 1.165) is 17.9 Å². The molecule has 0 saturated carbocycles. The number of carbonyl (C=O) groups is 1. The van der Waals surface area contributed by atoms with Crippen molar-refractivity contribution < 1.29 is 4.79 Å². The van der Waals surface area contributed by atoms with Crippen LogP contribution in [0.15, 0.2) is 12.3 Å². The summed E-state index contributed by atoms with van der Waals surface area (Å²) in [4.78, 5) is 11.9. The molecule has 1 rings (SSSR count). The summed E-state index contributed by atoms with van der Waals surface area (Å²) in [5.74, 6) is 2.14. The van der Waals surface area contributed by atoms with E-state index in [1.54, 1.807) is 16.8 Å². The Morgan fingerprint density at radius 2 is 2.35 bits per heavy atom. The highest BCUT2D eigenvalue weighted by atomic mass is 32.2. The topological polar surface area (TPSA) is 60.1 Å². The minimum atomic E-state index is -0.0572. The highest BCUT2D eigenvalue weighted by Crippen LogP contribution is 2.09. The standard InChI is InChI=1S/C12H21N3OS/c1-4-17-6-5-9(2)14-12(16)11-7-10(13)8-15(11)3/h7-9H,4-6,13H2,1-3H3,(H,14,16). The van der Waals surface area contributed by atoms with Crippen LogP contribution < -0.4 is 11.1 Å². The van der Waals surface area contributed by atoms with Crippen LogP contribution in [0.25, 0.3) is 0 Å². The van der Waals surface area contributed by atoms with Gasteiger partial charge < -0.3 is 15.6 Å². The molecule has 0 spiro atoms. The summed E-state index contributed by atoms with van der Waals surface area (Å²) in [5.41, 5.74) is 6.87. The molecule has 1 aromatic heterocycles. The Morgan fingerprint density at radius 3 is 2.88 bits per heavy atom. The predicted molar refractivity (Wildman–Crippen MR) is 74.4 cm³/mol. The zero-order chi connectivity index (χ0) is 12.8. The minimum absolute atomic E-state index is 0.0572. The molecule has 0 radical (unpaired) electrons. The zero-order valence-electron chi connectivity index (χ0n) is 10.7. The first-order valence-electron chi connectivity index (χ1n) is 5.85. The molecule has 3 N–H and O–H groups in total. The van der Waals surface area contributed by atoms with Gasteiger partial charge in [0.25, 0.3) is 5.91 Å². The molecule has 5 heteroatoms. The highest BCUT2D eigenvalue weighted by molar-refractivity contribution is 7.99. The van der Waals surface area contributed by atoms with Gasteiger partial charge in [-0.2, -0.15) is 11.8 Å². The lowest BCUT2D eigenvalue weighted by Crippen LogP contribution is -2.34. The van der Waals surface area contributed by atoms with Gasteiger partial charge in [0.15, 0.2) is 0 Å². The summed E-state index contributed by atoms with van der Waals surface area (Å²) in [6, 6.07) is 1.89. The fourth-order valence-corrected chi connectivity index (χ4v) is 2.40.